The van der Waals surface area contributed by atoms with E-state index in [0.717, 1.165) is 37.0 Å². The van der Waals surface area contributed by atoms with Gasteiger partial charge in [-0.1, -0.05) is 18.2 Å². The van der Waals surface area contributed by atoms with E-state index in [-0.39, 0.29) is 5.91 Å². The second-order valence-electron chi connectivity index (χ2n) is 7.54. The van der Waals surface area contributed by atoms with Crippen LogP contribution in [0.2, 0.25) is 0 Å². The van der Waals surface area contributed by atoms with Crippen molar-refractivity contribution in [1.29, 1.82) is 0 Å². The van der Waals surface area contributed by atoms with E-state index < -0.39 is 0 Å². The predicted molar refractivity (Wildman–Crippen MR) is 119 cm³/mol. The molecule has 3 aromatic rings. The van der Waals surface area contributed by atoms with Crippen LogP contribution in [0.15, 0.2) is 42.5 Å². The second kappa shape index (κ2) is 9.45. The zero-order valence-electron chi connectivity index (χ0n) is 17.4. The monoisotopic (exact) mass is 425 g/mol. The first-order chi connectivity index (χ1) is 14.7. The van der Waals surface area contributed by atoms with Gasteiger partial charge >= 0.3 is 0 Å². The van der Waals surface area contributed by atoms with E-state index in [1.165, 1.54) is 9.71 Å². The first-order valence-electron chi connectivity index (χ1n) is 10.2. The number of ether oxygens (including phenoxy) is 2. The Labute approximate surface area is 180 Å². The number of amides is 1. The van der Waals surface area contributed by atoms with Crippen LogP contribution in [0.5, 0.6) is 11.5 Å². The highest BCUT2D eigenvalue weighted by Crippen LogP contribution is 2.33. The molecule has 1 fully saturated rings. The van der Waals surface area contributed by atoms with E-state index in [1.807, 2.05) is 24.3 Å². The SMILES string of the molecule is COc1ccc(CNC(=O)CN2CCC(c3nc4ccccc4s3)CC2)cc1OC. The van der Waals surface area contributed by atoms with Gasteiger partial charge in [0.05, 0.1) is 36.0 Å². The third kappa shape index (κ3) is 4.74. The van der Waals surface area contributed by atoms with Crippen molar-refractivity contribution in [3.05, 3.63) is 53.0 Å². The minimum atomic E-state index is 0.0446. The zero-order valence-corrected chi connectivity index (χ0v) is 18.2. The van der Waals surface area contributed by atoms with Gasteiger partial charge in [0.2, 0.25) is 5.91 Å². The van der Waals surface area contributed by atoms with E-state index in [9.17, 15) is 4.79 Å². The van der Waals surface area contributed by atoms with Crippen molar-refractivity contribution in [2.45, 2.75) is 25.3 Å². The van der Waals surface area contributed by atoms with Gasteiger partial charge < -0.3 is 14.8 Å². The number of rotatable bonds is 7. The number of benzene rings is 2. The molecule has 4 rings (SSSR count). The molecule has 158 valence electrons. The molecule has 1 aliphatic heterocycles. The molecular formula is C23H27N3O3S. The van der Waals surface area contributed by atoms with Crippen LogP contribution in [0.4, 0.5) is 0 Å². The fourth-order valence-electron chi connectivity index (χ4n) is 3.85. The number of carbonyl (C=O) groups is 1. The molecule has 0 radical (unpaired) electrons. The number of hydrogen-bond donors (Lipinski definition) is 1. The van der Waals surface area contributed by atoms with Crippen molar-refractivity contribution in [2.75, 3.05) is 33.9 Å². The summed E-state index contributed by atoms with van der Waals surface area (Å²) >= 11 is 1.80. The molecule has 0 unspecified atom stereocenters. The van der Waals surface area contributed by atoms with E-state index >= 15 is 0 Å². The highest BCUT2D eigenvalue weighted by molar-refractivity contribution is 7.18. The summed E-state index contributed by atoms with van der Waals surface area (Å²) in [5.41, 5.74) is 2.07. The Morgan fingerprint density at radius 3 is 2.63 bits per heavy atom. The number of fused-ring (bicyclic) bond motifs is 1. The van der Waals surface area contributed by atoms with Crippen molar-refractivity contribution >= 4 is 27.5 Å². The number of hydrogen-bond acceptors (Lipinski definition) is 6. The van der Waals surface area contributed by atoms with Crippen LogP contribution in [0, 0.1) is 0 Å². The number of nitrogens with zero attached hydrogens (tertiary/aromatic N) is 2. The molecule has 0 aliphatic carbocycles. The molecule has 2 heterocycles. The van der Waals surface area contributed by atoms with Gasteiger partial charge in [0.15, 0.2) is 11.5 Å². The normalized spacial score (nSPS) is 15.3. The number of piperidine rings is 1. The third-order valence-electron chi connectivity index (χ3n) is 5.55. The maximum atomic E-state index is 12.4. The van der Waals surface area contributed by atoms with Crippen LogP contribution >= 0.6 is 11.3 Å². The summed E-state index contributed by atoms with van der Waals surface area (Å²) in [5, 5.41) is 4.24. The van der Waals surface area contributed by atoms with Crippen molar-refractivity contribution in [3.63, 3.8) is 0 Å². The molecule has 2 aromatic carbocycles. The number of nitrogens with one attached hydrogen (secondary N) is 1. The molecule has 7 heteroatoms. The van der Waals surface area contributed by atoms with E-state index in [0.29, 0.717) is 30.5 Å². The van der Waals surface area contributed by atoms with Gasteiger partial charge in [-0.2, -0.15) is 0 Å². The van der Waals surface area contributed by atoms with Crippen molar-refractivity contribution in [3.8, 4) is 11.5 Å². The summed E-state index contributed by atoms with van der Waals surface area (Å²) in [5.74, 6) is 1.89. The summed E-state index contributed by atoms with van der Waals surface area (Å²) < 4.78 is 11.8. The third-order valence-corrected chi connectivity index (χ3v) is 6.75. The molecule has 1 saturated heterocycles. The minimum Gasteiger partial charge on any atom is -0.493 e. The Bertz CT molecular complexity index is 979. The summed E-state index contributed by atoms with van der Waals surface area (Å²) in [6.07, 6.45) is 2.09. The van der Waals surface area contributed by atoms with Crippen molar-refractivity contribution < 1.29 is 14.3 Å². The summed E-state index contributed by atoms with van der Waals surface area (Å²) in [6.45, 7) is 2.75. The Kier molecular flexibility index (Phi) is 6.50. The van der Waals surface area contributed by atoms with E-state index in [4.69, 9.17) is 14.5 Å². The Balaban J connectivity index is 1.25. The van der Waals surface area contributed by atoms with Gasteiger partial charge in [0, 0.05) is 12.5 Å². The van der Waals surface area contributed by atoms with Crippen LogP contribution in [-0.2, 0) is 11.3 Å². The van der Waals surface area contributed by atoms with Crippen LogP contribution < -0.4 is 14.8 Å². The Morgan fingerprint density at radius 1 is 1.13 bits per heavy atom. The zero-order chi connectivity index (χ0) is 20.9. The van der Waals surface area contributed by atoms with Crippen LogP contribution in [-0.4, -0.2) is 49.6 Å². The number of aromatic nitrogens is 1. The average molecular weight is 426 g/mol. The fourth-order valence-corrected chi connectivity index (χ4v) is 4.99. The highest BCUT2D eigenvalue weighted by atomic mass is 32.1. The average Bonchev–Trinajstić information content (AvgIpc) is 3.22. The topological polar surface area (TPSA) is 63.7 Å². The Morgan fingerprint density at radius 2 is 1.90 bits per heavy atom. The maximum absolute atomic E-state index is 12.4. The number of likely N-dealkylation sites (tertiary alicyclic amines) is 1. The molecule has 0 saturated carbocycles. The first-order valence-corrected chi connectivity index (χ1v) is 11.0. The van der Waals surface area contributed by atoms with Crippen LogP contribution in [0.1, 0.15) is 29.3 Å². The number of para-hydroxylation sites is 1. The van der Waals surface area contributed by atoms with Crippen molar-refractivity contribution in [1.82, 2.24) is 15.2 Å². The number of carbonyl (C=O) groups excluding carboxylic acids is 1. The summed E-state index contributed by atoms with van der Waals surface area (Å²) in [7, 11) is 3.22. The second-order valence-corrected chi connectivity index (χ2v) is 8.60. The summed E-state index contributed by atoms with van der Waals surface area (Å²) in [6, 6.07) is 14.0. The predicted octanol–water partition coefficient (Wildman–Crippen LogP) is 3.81. The lowest BCUT2D eigenvalue weighted by Crippen LogP contribution is -2.41. The molecule has 1 aliphatic rings. The molecular weight excluding hydrogens is 398 g/mol. The molecule has 0 spiro atoms. The molecule has 0 bridgehead atoms. The molecule has 1 aromatic heterocycles. The maximum Gasteiger partial charge on any atom is 0.234 e. The molecule has 6 nitrogen and oxygen atoms in total. The van der Waals surface area contributed by atoms with Crippen LogP contribution in [0.3, 0.4) is 0 Å². The highest BCUT2D eigenvalue weighted by Gasteiger charge is 2.24. The van der Waals surface area contributed by atoms with Gasteiger partial charge in [-0.25, -0.2) is 4.98 Å². The van der Waals surface area contributed by atoms with Gasteiger partial charge in [-0.15, -0.1) is 11.3 Å². The Hall–Kier alpha value is -2.64. The molecule has 30 heavy (non-hydrogen) atoms. The first kappa shape index (κ1) is 20.6. The smallest absolute Gasteiger partial charge is 0.234 e. The summed E-state index contributed by atoms with van der Waals surface area (Å²) in [4.78, 5) is 19.5. The van der Waals surface area contributed by atoms with Gasteiger partial charge in [0.1, 0.15) is 0 Å². The largest absolute Gasteiger partial charge is 0.493 e. The van der Waals surface area contributed by atoms with Crippen LogP contribution in [0.25, 0.3) is 10.2 Å². The van der Waals surface area contributed by atoms with Gasteiger partial charge in [-0.05, 0) is 55.8 Å². The minimum absolute atomic E-state index is 0.0446. The van der Waals surface area contributed by atoms with Gasteiger partial charge in [-0.3, -0.25) is 9.69 Å². The number of thiazole rings is 1. The van der Waals surface area contributed by atoms with E-state index in [1.54, 1.807) is 25.6 Å². The lowest BCUT2D eigenvalue weighted by Gasteiger charge is -2.30. The standard InChI is InChI=1S/C23H27N3O3S/c1-28-19-8-7-16(13-20(19)29-2)14-24-22(27)15-26-11-9-17(10-12-26)23-25-18-5-3-4-6-21(18)30-23/h3-8,13,17H,9-12,14-15H2,1-2H3,(H,24,27). The number of methoxy groups -OCH3 is 2. The molecule has 1 amide bonds. The quantitative estimate of drug-likeness (QED) is 0.624. The van der Waals surface area contributed by atoms with Crippen molar-refractivity contribution in [2.24, 2.45) is 0 Å². The molecule has 1 N–H and O–H groups in total. The molecule has 0 atom stereocenters. The lowest BCUT2D eigenvalue weighted by atomic mass is 9.97. The fraction of sp³-hybridized carbons (Fsp3) is 0.391. The van der Waals surface area contributed by atoms with E-state index in [2.05, 4.69) is 28.4 Å². The lowest BCUT2D eigenvalue weighted by molar-refractivity contribution is -0.122. The van der Waals surface area contributed by atoms with Gasteiger partial charge in [0.25, 0.3) is 0 Å².